The van der Waals surface area contributed by atoms with Crippen molar-refractivity contribution in [2.45, 2.75) is 6.42 Å². The van der Waals surface area contributed by atoms with Gasteiger partial charge in [-0.05, 0) is 18.1 Å². The molecule has 1 aromatic carbocycles. The Bertz CT molecular complexity index is 300. The third-order valence-electron chi connectivity index (χ3n) is 1.80. The van der Waals surface area contributed by atoms with Crippen molar-refractivity contribution in [3.8, 4) is 5.75 Å². The summed E-state index contributed by atoms with van der Waals surface area (Å²) < 4.78 is 5.22. The molecule has 0 aliphatic rings. The van der Waals surface area contributed by atoms with E-state index in [2.05, 4.69) is 18.7 Å². The number of methoxy groups -OCH3 is 1. The molecule has 0 unspecified atom stereocenters. The molecule has 0 amide bonds. The van der Waals surface area contributed by atoms with Crippen LogP contribution in [0.4, 0.5) is 0 Å². The molecule has 0 heterocycles. The second-order valence-corrected chi connectivity index (χ2v) is 2.68. The Labute approximate surface area is 79.4 Å². The number of rotatable bonds is 4. The second-order valence-electron chi connectivity index (χ2n) is 2.68. The maximum Gasteiger partial charge on any atom is 0.122 e. The highest BCUT2D eigenvalue weighted by Crippen LogP contribution is 2.17. The Morgan fingerprint density at radius 1 is 1.38 bits per heavy atom. The highest BCUT2D eigenvalue weighted by atomic mass is 16.5. The molecule has 1 aromatic rings. The van der Waals surface area contributed by atoms with Crippen molar-refractivity contribution in [3.63, 3.8) is 0 Å². The summed E-state index contributed by atoms with van der Waals surface area (Å²) >= 11 is 0. The van der Waals surface area contributed by atoms with E-state index in [4.69, 9.17) is 4.74 Å². The van der Waals surface area contributed by atoms with Gasteiger partial charge in [0, 0.05) is 0 Å². The van der Waals surface area contributed by atoms with Crippen molar-refractivity contribution in [1.29, 1.82) is 0 Å². The lowest BCUT2D eigenvalue weighted by atomic mass is 10.1. The zero-order chi connectivity index (χ0) is 9.52. The van der Waals surface area contributed by atoms with E-state index < -0.39 is 0 Å². The van der Waals surface area contributed by atoms with Crippen LogP contribution in [0.1, 0.15) is 5.56 Å². The smallest absolute Gasteiger partial charge is 0.122 e. The summed E-state index contributed by atoms with van der Waals surface area (Å²) in [5, 5.41) is 0. The first kappa shape index (κ1) is 9.59. The lowest BCUT2D eigenvalue weighted by Gasteiger charge is -2.04. The van der Waals surface area contributed by atoms with Gasteiger partial charge in [-0.2, -0.15) is 0 Å². The highest BCUT2D eigenvalue weighted by molar-refractivity contribution is 5.34. The van der Waals surface area contributed by atoms with Crippen LogP contribution in [0, 0.1) is 0 Å². The van der Waals surface area contributed by atoms with Gasteiger partial charge in [0.1, 0.15) is 5.75 Å². The fraction of sp³-hybridized carbons (Fsp3) is 0.167. The largest absolute Gasteiger partial charge is 0.496 e. The summed E-state index contributed by atoms with van der Waals surface area (Å²) in [6.07, 6.45) is 6.66. The van der Waals surface area contributed by atoms with Crippen molar-refractivity contribution in [1.82, 2.24) is 0 Å². The second kappa shape index (κ2) is 5.20. The zero-order valence-corrected chi connectivity index (χ0v) is 7.86. The summed E-state index contributed by atoms with van der Waals surface area (Å²) in [5.41, 5.74) is 1.20. The number of hydrogen-bond acceptors (Lipinski definition) is 1. The molecule has 0 radical (unpaired) electrons. The normalized spacial score (nSPS) is 10.2. The van der Waals surface area contributed by atoms with Crippen LogP contribution < -0.4 is 4.74 Å². The molecule has 0 N–H and O–H groups in total. The molecule has 1 nitrogen and oxygen atoms in total. The number of benzene rings is 1. The van der Waals surface area contributed by atoms with E-state index in [1.807, 2.05) is 24.3 Å². The zero-order valence-electron chi connectivity index (χ0n) is 7.86. The topological polar surface area (TPSA) is 9.23 Å². The number of para-hydroxylation sites is 1. The number of hydrogen-bond donors (Lipinski definition) is 0. The lowest BCUT2D eigenvalue weighted by Crippen LogP contribution is -1.89. The molecular formula is C12H14O. The Kier molecular flexibility index (Phi) is 3.83. The van der Waals surface area contributed by atoms with Gasteiger partial charge in [0.25, 0.3) is 0 Å². The van der Waals surface area contributed by atoms with Crippen molar-refractivity contribution in [2.24, 2.45) is 0 Å². The summed E-state index contributed by atoms with van der Waals surface area (Å²) in [6, 6.07) is 8.02. The van der Waals surface area contributed by atoms with Crippen LogP contribution in [-0.2, 0) is 6.42 Å². The van der Waals surface area contributed by atoms with Crippen molar-refractivity contribution >= 4 is 0 Å². The number of allylic oxidation sites excluding steroid dienone is 3. The first-order chi connectivity index (χ1) is 6.38. The number of ether oxygens (including phenoxy) is 1. The first-order valence-electron chi connectivity index (χ1n) is 4.28. The molecule has 0 aliphatic carbocycles. The van der Waals surface area contributed by atoms with Gasteiger partial charge in [0.05, 0.1) is 7.11 Å². The van der Waals surface area contributed by atoms with Gasteiger partial charge in [-0.3, -0.25) is 0 Å². The van der Waals surface area contributed by atoms with E-state index in [1.54, 1.807) is 13.2 Å². The van der Waals surface area contributed by atoms with Crippen LogP contribution in [0.5, 0.6) is 5.75 Å². The monoisotopic (exact) mass is 174 g/mol. The van der Waals surface area contributed by atoms with E-state index in [9.17, 15) is 0 Å². The van der Waals surface area contributed by atoms with Gasteiger partial charge in [0.15, 0.2) is 0 Å². The predicted molar refractivity (Wildman–Crippen MR) is 56.0 cm³/mol. The van der Waals surface area contributed by atoms with Gasteiger partial charge in [0.2, 0.25) is 0 Å². The summed E-state index contributed by atoms with van der Waals surface area (Å²) in [5.74, 6) is 0.941. The molecule has 1 heteroatoms. The Morgan fingerprint density at radius 3 is 2.85 bits per heavy atom. The lowest BCUT2D eigenvalue weighted by molar-refractivity contribution is 0.410. The molecule has 68 valence electrons. The van der Waals surface area contributed by atoms with Gasteiger partial charge in [-0.15, -0.1) is 0 Å². The molecule has 0 fully saturated rings. The van der Waals surface area contributed by atoms with E-state index in [1.165, 1.54) is 5.56 Å². The van der Waals surface area contributed by atoms with Crippen molar-refractivity contribution < 1.29 is 4.74 Å². The molecule has 0 bridgehead atoms. The van der Waals surface area contributed by atoms with Gasteiger partial charge < -0.3 is 4.74 Å². The summed E-state index contributed by atoms with van der Waals surface area (Å²) in [4.78, 5) is 0. The molecule has 0 spiro atoms. The van der Waals surface area contributed by atoms with Crippen LogP contribution in [-0.4, -0.2) is 7.11 Å². The average molecular weight is 174 g/mol. The molecule has 1 rings (SSSR count). The molecule has 0 saturated heterocycles. The minimum atomic E-state index is 0.885. The fourth-order valence-corrected chi connectivity index (χ4v) is 1.16. The highest BCUT2D eigenvalue weighted by Gasteiger charge is 1.97. The molecule has 0 saturated carbocycles. The molecular weight excluding hydrogens is 160 g/mol. The van der Waals surface area contributed by atoms with Gasteiger partial charge >= 0.3 is 0 Å². The van der Waals surface area contributed by atoms with Gasteiger partial charge in [-0.25, -0.2) is 0 Å². The van der Waals surface area contributed by atoms with Gasteiger partial charge in [-0.1, -0.05) is 43.0 Å². The van der Waals surface area contributed by atoms with E-state index >= 15 is 0 Å². The van der Waals surface area contributed by atoms with Crippen LogP contribution in [0.2, 0.25) is 0 Å². The van der Waals surface area contributed by atoms with Crippen molar-refractivity contribution in [3.05, 3.63) is 54.6 Å². The first-order valence-corrected chi connectivity index (χ1v) is 4.28. The standard InChI is InChI=1S/C12H14O/c1-3-4-5-8-11-9-6-7-10-12(11)13-2/h3-7,9-10H,1,8H2,2H3. The van der Waals surface area contributed by atoms with E-state index in [0.717, 1.165) is 12.2 Å². The predicted octanol–water partition coefficient (Wildman–Crippen LogP) is 2.98. The fourth-order valence-electron chi connectivity index (χ4n) is 1.16. The molecule has 13 heavy (non-hydrogen) atoms. The van der Waals surface area contributed by atoms with Crippen LogP contribution in [0.15, 0.2) is 49.1 Å². The molecule has 0 aromatic heterocycles. The Balaban J connectivity index is 2.74. The molecule has 0 aliphatic heterocycles. The van der Waals surface area contributed by atoms with Crippen LogP contribution >= 0.6 is 0 Å². The molecule has 0 atom stereocenters. The van der Waals surface area contributed by atoms with E-state index in [-0.39, 0.29) is 0 Å². The summed E-state index contributed by atoms with van der Waals surface area (Å²) in [7, 11) is 1.69. The van der Waals surface area contributed by atoms with Crippen molar-refractivity contribution in [2.75, 3.05) is 7.11 Å². The average Bonchev–Trinajstić information content (AvgIpc) is 2.19. The van der Waals surface area contributed by atoms with Crippen LogP contribution in [0.25, 0.3) is 0 Å². The Morgan fingerprint density at radius 2 is 2.15 bits per heavy atom. The quantitative estimate of drug-likeness (QED) is 0.638. The third-order valence-corrected chi connectivity index (χ3v) is 1.80. The van der Waals surface area contributed by atoms with E-state index in [0.29, 0.717) is 0 Å². The SMILES string of the molecule is C=CC=CCc1ccccc1OC. The minimum absolute atomic E-state index is 0.885. The van der Waals surface area contributed by atoms with Crippen LogP contribution in [0.3, 0.4) is 0 Å². The minimum Gasteiger partial charge on any atom is -0.496 e. The third kappa shape index (κ3) is 2.79. The maximum atomic E-state index is 5.22. The summed E-state index contributed by atoms with van der Waals surface area (Å²) in [6.45, 7) is 3.62. The maximum absolute atomic E-state index is 5.22. The Hall–Kier alpha value is -1.50.